The Morgan fingerprint density at radius 1 is 1.04 bits per heavy atom. The summed E-state index contributed by atoms with van der Waals surface area (Å²) in [5.74, 6) is 0.0267. The Balaban J connectivity index is 1.93. The lowest BCUT2D eigenvalue weighted by Crippen LogP contribution is -2.11. The zero-order valence-electron chi connectivity index (χ0n) is 13.1. The van der Waals surface area contributed by atoms with Gasteiger partial charge >= 0.3 is 0 Å². The molecule has 0 saturated carbocycles. The van der Waals surface area contributed by atoms with Crippen molar-refractivity contribution in [2.75, 3.05) is 11.9 Å². The molecule has 3 N–H and O–H groups in total. The largest absolute Gasteiger partial charge is 0.508 e. The monoisotopic (exact) mass is 315 g/mol. The molecule has 0 aliphatic rings. The van der Waals surface area contributed by atoms with Gasteiger partial charge in [-0.1, -0.05) is 19.8 Å². The topological polar surface area (TPSA) is 78.8 Å². The lowest BCUT2D eigenvalue weighted by Gasteiger charge is -2.09. The number of benzene rings is 2. The molecule has 2 rings (SSSR count). The van der Waals surface area contributed by atoms with E-state index in [1.165, 1.54) is 18.2 Å². The van der Waals surface area contributed by atoms with Gasteiger partial charge in [0.15, 0.2) is 0 Å². The second kappa shape index (κ2) is 8.08. The summed E-state index contributed by atoms with van der Waals surface area (Å²) in [5.41, 5.74) is 0.793. The molecule has 0 aliphatic carbocycles. The van der Waals surface area contributed by atoms with Crippen molar-refractivity contribution in [3.8, 4) is 17.2 Å². The van der Waals surface area contributed by atoms with Crippen molar-refractivity contribution in [1.29, 1.82) is 0 Å². The van der Waals surface area contributed by atoms with Crippen LogP contribution in [0.2, 0.25) is 0 Å². The molecule has 0 aliphatic heterocycles. The Morgan fingerprint density at radius 3 is 2.30 bits per heavy atom. The number of aromatic hydroxyl groups is 2. The molecule has 0 atom stereocenters. The first-order valence-electron chi connectivity index (χ1n) is 7.65. The molecule has 0 saturated heterocycles. The van der Waals surface area contributed by atoms with Crippen LogP contribution in [0.5, 0.6) is 17.2 Å². The van der Waals surface area contributed by atoms with Crippen LogP contribution in [0.25, 0.3) is 0 Å². The number of anilines is 1. The molecule has 0 unspecified atom stereocenters. The SMILES string of the molecule is CCCCCOc1ccc(NC(=O)c2cc(O)cc(O)c2)cc1. The van der Waals surface area contributed by atoms with Gasteiger partial charge in [0, 0.05) is 17.3 Å². The average molecular weight is 315 g/mol. The highest BCUT2D eigenvalue weighted by Gasteiger charge is 2.09. The third kappa shape index (κ3) is 5.21. The molecule has 0 radical (unpaired) electrons. The molecule has 0 spiro atoms. The summed E-state index contributed by atoms with van der Waals surface area (Å²) < 4.78 is 5.61. The van der Waals surface area contributed by atoms with E-state index < -0.39 is 5.91 Å². The highest BCUT2D eigenvalue weighted by molar-refractivity contribution is 6.04. The maximum Gasteiger partial charge on any atom is 0.255 e. The molecule has 5 heteroatoms. The molecular formula is C18H21NO4. The van der Waals surface area contributed by atoms with Crippen molar-refractivity contribution in [2.45, 2.75) is 26.2 Å². The fourth-order valence-corrected chi connectivity index (χ4v) is 2.11. The number of hydrogen-bond acceptors (Lipinski definition) is 4. The van der Waals surface area contributed by atoms with Crippen LogP contribution in [-0.2, 0) is 0 Å². The molecule has 0 aromatic heterocycles. The Hall–Kier alpha value is -2.69. The Labute approximate surface area is 135 Å². The number of phenols is 2. The van der Waals surface area contributed by atoms with Crippen molar-refractivity contribution < 1.29 is 19.7 Å². The first kappa shape index (κ1) is 16.7. The minimum absolute atomic E-state index is 0.161. The van der Waals surface area contributed by atoms with Gasteiger partial charge in [-0.25, -0.2) is 0 Å². The number of rotatable bonds is 7. The van der Waals surface area contributed by atoms with Crippen molar-refractivity contribution in [3.05, 3.63) is 48.0 Å². The molecule has 2 aromatic rings. The van der Waals surface area contributed by atoms with E-state index in [1.54, 1.807) is 24.3 Å². The summed E-state index contributed by atoms with van der Waals surface area (Å²) >= 11 is 0. The van der Waals surface area contributed by atoms with Crippen LogP contribution in [0.3, 0.4) is 0 Å². The number of unbranched alkanes of at least 4 members (excludes halogenated alkanes) is 2. The predicted octanol–water partition coefficient (Wildman–Crippen LogP) is 3.92. The van der Waals surface area contributed by atoms with Crippen LogP contribution in [0.15, 0.2) is 42.5 Å². The second-order valence-electron chi connectivity index (χ2n) is 5.27. The van der Waals surface area contributed by atoms with Crippen molar-refractivity contribution in [3.63, 3.8) is 0 Å². The van der Waals surface area contributed by atoms with E-state index in [0.29, 0.717) is 12.3 Å². The van der Waals surface area contributed by atoms with E-state index in [9.17, 15) is 15.0 Å². The average Bonchev–Trinajstić information content (AvgIpc) is 2.52. The van der Waals surface area contributed by atoms with E-state index in [4.69, 9.17) is 4.74 Å². The normalized spacial score (nSPS) is 10.3. The maximum atomic E-state index is 12.1. The number of phenolic OH excluding ortho intramolecular Hbond substituents is 2. The zero-order chi connectivity index (χ0) is 16.7. The number of hydrogen-bond donors (Lipinski definition) is 3. The van der Waals surface area contributed by atoms with E-state index in [0.717, 1.165) is 25.0 Å². The molecular weight excluding hydrogens is 294 g/mol. The fraction of sp³-hybridized carbons (Fsp3) is 0.278. The number of nitrogens with one attached hydrogen (secondary N) is 1. The van der Waals surface area contributed by atoms with Crippen LogP contribution in [0.4, 0.5) is 5.69 Å². The number of ether oxygens (including phenoxy) is 1. The summed E-state index contributed by atoms with van der Waals surface area (Å²) in [5, 5.41) is 21.5. The van der Waals surface area contributed by atoms with Gasteiger partial charge in [-0.3, -0.25) is 4.79 Å². The van der Waals surface area contributed by atoms with E-state index >= 15 is 0 Å². The summed E-state index contributed by atoms with van der Waals surface area (Å²) in [6, 6.07) is 10.8. The number of amides is 1. The molecule has 0 fully saturated rings. The third-order valence-corrected chi connectivity index (χ3v) is 3.29. The quantitative estimate of drug-likeness (QED) is 0.677. The van der Waals surface area contributed by atoms with Crippen molar-refractivity contribution in [1.82, 2.24) is 0 Å². The molecule has 0 bridgehead atoms. The predicted molar refractivity (Wildman–Crippen MR) is 89.2 cm³/mol. The van der Waals surface area contributed by atoms with E-state index in [2.05, 4.69) is 12.2 Å². The van der Waals surface area contributed by atoms with Gasteiger partial charge in [-0.05, 0) is 42.8 Å². The minimum atomic E-state index is -0.409. The van der Waals surface area contributed by atoms with Crippen molar-refractivity contribution in [2.24, 2.45) is 0 Å². The highest BCUT2D eigenvalue weighted by Crippen LogP contribution is 2.22. The third-order valence-electron chi connectivity index (χ3n) is 3.29. The van der Waals surface area contributed by atoms with E-state index in [1.807, 2.05) is 0 Å². The Kier molecular flexibility index (Phi) is 5.86. The van der Waals surface area contributed by atoms with Crippen molar-refractivity contribution >= 4 is 11.6 Å². The van der Waals surface area contributed by atoms with Gasteiger partial charge in [-0.2, -0.15) is 0 Å². The zero-order valence-corrected chi connectivity index (χ0v) is 13.1. The van der Waals surface area contributed by atoms with Gasteiger partial charge in [0.2, 0.25) is 0 Å². The Morgan fingerprint density at radius 2 is 1.70 bits per heavy atom. The van der Waals surface area contributed by atoms with Crippen LogP contribution >= 0.6 is 0 Å². The van der Waals surface area contributed by atoms with Crippen LogP contribution < -0.4 is 10.1 Å². The standard InChI is InChI=1S/C18H21NO4/c1-2-3-4-9-23-17-7-5-14(6-8-17)19-18(22)13-10-15(20)12-16(21)11-13/h5-8,10-12,20-21H,2-4,9H2,1H3,(H,19,22). The van der Waals surface area contributed by atoms with Gasteiger partial charge in [-0.15, -0.1) is 0 Å². The molecule has 122 valence electrons. The smallest absolute Gasteiger partial charge is 0.255 e. The Bertz CT molecular complexity index is 632. The van der Waals surface area contributed by atoms with E-state index in [-0.39, 0.29) is 17.1 Å². The highest BCUT2D eigenvalue weighted by atomic mass is 16.5. The van der Waals surface area contributed by atoms with Crippen LogP contribution in [0, 0.1) is 0 Å². The number of carbonyl (C=O) groups excluding carboxylic acids is 1. The first-order valence-corrected chi connectivity index (χ1v) is 7.65. The number of carbonyl (C=O) groups is 1. The molecule has 2 aromatic carbocycles. The van der Waals surface area contributed by atoms with Crippen LogP contribution in [0.1, 0.15) is 36.5 Å². The molecule has 0 heterocycles. The first-order chi connectivity index (χ1) is 11.1. The maximum absolute atomic E-state index is 12.1. The molecule has 5 nitrogen and oxygen atoms in total. The van der Waals surface area contributed by atoms with Gasteiger partial charge in [0.05, 0.1) is 6.61 Å². The lowest BCUT2D eigenvalue weighted by atomic mass is 10.2. The van der Waals surface area contributed by atoms with Gasteiger partial charge < -0.3 is 20.3 Å². The lowest BCUT2D eigenvalue weighted by molar-refractivity contribution is 0.102. The molecule has 1 amide bonds. The summed E-state index contributed by atoms with van der Waals surface area (Å²) in [6.45, 7) is 2.83. The van der Waals surface area contributed by atoms with Crippen LogP contribution in [-0.4, -0.2) is 22.7 Å². The fourth-order valence-electron chi connectivity index (χ4n) is 2.11. The summed E-state index contributed by atoms with van der Waals surface area (Å²) in [6.07, 6.45) is 3.32. The second-order valence-corrected chi connectivity index (χ2v) is 5.27. The van der Waals surface area contributed by atoms with Gasteiger partial charge in [0.25, 0.3) is 5.91 Å². The molecule has 23 heavy (non-hydrogen) atoms. The summed E-state index contributed by atoms with van der Waals surface area (Å²) in [4.78, 5) is 12.1. The summed E-state index contributed by atoms with van der Waals surface area (Å²) in [7, 11) is 0. The van der Waals surface area contributed by atoms with Gasteiger partial charge in [0.1, 0.15) is 17.2 Å². The minimum Gasteiger partial charge on any atom is -0.508 e.